The topological polar surface area (TPSA) is 108 Å². The molecule has 2 unspecified atom stereocenters. The first kappa shape index (κ1) is 20.7. The maximum atomic E-state index is 13.1. The Bertz CT molecular complexity index is 849. The number of hydrogen-bond donors (Lipinski definition) is 1. The maximum absolute atomic E-state index is 13.1. The number of anilines is 1. The minimum atomic E-state index is -3.18. The monoisotopic (exact) mass is 409 g/mol. The second-order valence-electron chi connectivity index (χ2n) is 7.60. The van der Waals surface area contributed by atoms with Crippen LogP contribution in [0.4, 0.5) is 5.69 Å². The minimum absolute atomic E-state index is 0.0996. The van der Waals surface area contributed by atoms with Crippen molar-refractivity contribution in [3.05, 3.63) is 24.0 Å². The second kappa shape index (κ2) is 8.16. The van der Waals surface area contributed by atoms with Crippen molar-refractivity contribution in [2.45, 2.75) is 39.0 Å². The van der Waals surface area contributed by atoms with Gasteiger partial charge in [0, 0.05) is 31.1 Å². The van der Waals surface area contributed by atoms with Crippen molar-refractivity contribution in [2.24, 2.45) is 11.8 Å². The summed E-state index contributed by atoms with van der Waals surface area (Å²) in [5.74, 6) is -1.36. The van der Waals surface area contributed by atoms with Gasteiger partial charge in [0.25, 0.3) is 0 Å². The van der Waals surface area contributed by atoms with Crippen LogP contribution in [-0.4, -0.2) is 60.1 Å². The number of carbonyl (C=O) groups is 2. The molecule has 9 heteroatoms. The van der Waals surface area contributed by atoms with Crippen molar-refractivity contribution in [3.8, 4) is 0 Å². The Labute approximate surface area is 165 Å². The van der Waals surface area contributed by atoms with Crippen LogP contribution in [-0.2, 0) is 19.6 Å². The van der Waals surface area contributed by atoms with E-state index < -0.39 is 16.0 Å². The molecule has 2 aliphatic rings. The van der Waals surface area contributed by atoms with E-state index in [1.165, 1.54) is 9.21 Å². The van der Waals surface area contributed by atoms with E-state index in [1.807, 2.05) is 6.92 Å². The van der Waals surface area contributed by atoms with Crippen LogP contribution in [0.2, 0.25) is 0 Å². The number of carboxylic acids is 1. The summed E-state index contributed by atoms with van der Waals surface area (Å²) >= 11 is 0. The quantitative estimate of drug-likeness (QED) is 0.766. The van der Waals surface area contributed by atoms with Crippen molar-refractivity contribution in [3.63, 3.8) is 0 Å². The van der Waals surface area contributed by atoms with E-state index in [0.29, 0.717) is 38.0 Å². The van der Waals surface area contributed by atoms with E-state index in [2.05, 4.69) is 4.98 Å². The van der Waals surface area contributed by atoms with Gasteiger partial charge in [-0.2, -0.15) is 0 Å². The average Bonchev–Trinajstić information content (AvgIpc) is 2.68. The SMILES string of the molecule is CCS(=O)(=O)N1CCC(CC2C(=O)N(CC(=O)O)c3cccnc3C2C)CC1. The molecule has 1 fully saturated rings. The van der Waals surface area contributed by atoms with Gasteiger partial charge in [0.15, 0.2) is 0 Å². The molecule has 1 N–H and O–H groups in total. The predicted octanol–water partition coefficient (Wildman–Crippen LogP) is 1.68. The third kappa shape index (κ3) is 4.05. The van der Waals surface area contributed by atoms with Crippen LogP contribution in [0.15, 0.2) is 18.3 Å². The van der Waals surface area contributed by atoms with Gasteiger partial charge in [-0.15, -0.1) is 0 Å². The molecule has 0 aromatic carbocycles. The van der Waals surface area contributed by atoms with Crippen LogP contribution in [0.3, 0.4) is 0 Å². The molecule has 1 saturated heterocycles. The largest absolute Gasteiger partial charge is 0.480 e. The highest BCUT2D eigenvalue weighted by Gasteiger charge is 2.41. The lowest BCUT2D eigenvalue weighted by molar-refractivity contribution is -0.137. The molecule has 3 heterocycles. The van der Waals surface area contributed by atoms with Crippen LogP contribution in [0.1, 0.15) is 44.7 Å². The Hall–Kier alpha value is -2.00. The summed E-state index contributed by atoms with van der Waals surface area (Å²) in [5.41, 5.74) is 1.32. The third-order valence-electron chi connectivity index (χ3n) is 5.94. The molecule has 28 heavy (non-hydrogen) atoms. The number of nitrogens with zero attached hydrogens (tertiary/aromatic N) is 3. The van der Waals surface area contributed by atoms with Crippen molar-refractivity contribution in [1.29, 1.82) is 0 Å². The zero-order chi connectivity index (χ0) is 20.5. The minimum Gasteiger partial charge on any atom is -0.480 e. The molecule has 8 nitrogen and oxygen atoms in total. The first-order valence-electron chi connectivity index (χ1n) is 9.70. The number of rotatable bonds is 6. The predicted molar refractivity (Wildman–Crippen MR) is 105 cm³/mol. The zero-order valence-corrected chi connectivity index (χ0v) is 17.1. The van der Waals surface area contributed by atoms with Gasteiger partial charge in [0.2, 0.25) is 15.9 Å². The molecule has 0 aliphatic carbocycles. The molecule has 1 amide bonds. The van der Waals surface area contributed by atoms with E-state index in [9.17, 15) is 23.1 Å². The van der Waals surface area contributed by atoms with Crippen molar-refractivity contribution >= 4 is 27.6 Å². The Morgan fingerprint density at radius 2 is 2.00 bits per heavy atom. The van der Waals surface area contributed by atoms with Crippen molar-refractivity contribution < 1.29 is 23.1 Å². The number of aromatic nitrogens is 1. The molecule has 3 rings (SSSR count). The number of carbonyl (C=O) groups excluding carboxylic acids is 1. The fourth-order valence-electron chi connectivity index (χ4n) is 4.28. The highest BCUT2D eigenvalue weighted by molar-refractivity contribution is 7.89. The Balaban J connectivity index is 1.76. The van der Waals surface area contributed by atoms with Gasteiger partial charge in [-0.1, -0.05) is 6.92 Å². The standard InChI is InChI=1S/C19H27N3O5S/c1-3-28(26,27)21-9-6-14(7-10-21)11-15-13(2)18-16(5-4-8-20-18)22(19(15)25)12-17(23)24/h4-5,8,13-15H,3,6-7,9-12H2,1-2H3,(H,23,24). The molecular weight excluding hydrogens is 382 g/mol. The van der Waals surface area contributed by atoms with Crippen LogP contribution in [0.25, 0.3) is 0 Å². The second-order valence-corrected chi connectivity index (χ2v) is 9.86. The normalized spacial score (nSPS) is 24.2. The van der Waals surface area contributed by atoms with E-state index in [1.54, 1.807) is 25.3 Å². The van der Waals surface area contributed by atoms with Gasteiger partial charge in [-0.3, -0.25) is 19.5 Å². The number of piperidine rings is 1. The molecule has 2 aliphatic heterocycles. The molecule has 1 aromatic rings. The lowest BCUT2D eigenvalue weighted by Gasteiger charge is -2.39. The van der Waals surface area contributed by atoms with Crippen LogP contribution in [0.5, 0.6) is 0 Å². The zero-order valence-electron chi connectivity index (χ0n) is 16.2. The first-order valence-corrected chi connectivity index (χ1v) is 11.3. The number of sulfonamides is 1. The lowest BCUT2D eigenvalue weighted by atomic mass is 9.77. The van der Waals surface area contributed by atoms with Gasteiger partial charge >= 0.3 is 5.97 Å². The first-order chi connectivity index (χ1) is 13.2. The molecular formula is C19H27N3O5S. The van der Waals surface area contributed by atoms with E-state index >= 15 is 0 Å². The van der Waals surface area contributed by atoms with Crippen molar-refractivity contribution in [1.82, 2.24) is 9.29 Å². The summed E-state index contributed by atoms with van der Waals surface area (Å²) in [4.78, 5) is 30.1. The number of fused-ring (bicyclic) bond motifs is 1. The molecule has 1 aromatic heterocycles. The fourth-order valence-corrected chi connectivity index (χ4v) is 5.41. The summed E-state index contributed by atoms with van der Waals surface area (Å²) in [6.45, 7) is 4.18. The summed E-state index contributed by atoms with van der Waals surface area (Å²) in [5, 5.41) is 9.23. The molecule has 2 atom stereocenters. The molecule has 0 spiro atoms. The van der Waals surface area contributed by atoms with Gasteiger partial charge in [-0.25, -0.2) is 12.7 Å². The number of aliphatic carboxylic acids is 1. The van der Waals surface area contributed by atoms with Crippen LogP contribution >= 0.6 is 0 Å². The molecule has 0 bridgehead atoms. The lowest BCUT2D eigenvalue weighted by Crippen LogP contribution is -2.47. The molecule has 0 radical (unpaired) electrons. The maximum Gasteiger partial charge on any atom is 0.323 e. The van der Waals surface area contributed by atoms with Crippen molar-refractivity contribution in [2.75, 3.05) is 30.3 Å². The Morgan fingerprint density at radius 1 is 1.32 bits per heavy atom. The summed E-state index contributed by atoms with van der Waals surface area (Å²) in [7, 11) is -3.18. The average molecular weight is 410 g/mol. The van der Waals surface area contributed by atoms with Gasteiger partial charge in [0.05, 0.1) is 17.1 Å². The van der Waals surface area contributed by atoms with Gasteiger partial charge in [0.1, 0.15) is 6.54 Å². The third-order valence-corrected chi connectivity index (χ3v) is 7.82. The molecule has 0 saturated carbocycles. The highest BCUT2D eigenvalue weighted by Crippen LogP contribution is 2.41. The molecule has 154 valence electrons. The number of amides is 1. The van der Waals surface area contributed by atoms with Crippen LogP contribution in [0, 0.1) is 11.8 Å². The van der Waals surface area contributed by atoms with E-state index in [-0.39, 0.29) is 36.0 Å². The van der Waals surface area contributed by atoms with E-state index in [4.69, 9.17) is 0 Å². The Kier molecular flexibility index (Phi) is 6.04. The smallest absolute Gasteiger partial charge is 0.323 e. The number of pyridine rings is 1. The summed E-state index contributed by atoms with van der Waals surface area (Å²) in [6.07, 6.45) is 3.70. The fraction of sp³-hybridized carbons (Fsp3) is 0.632. The van der Waals surface area contributed by atoms with Crippen LogP contribution < -0.4 is 4.90 Å². The summed E-state index contributed by atoms with van der Waals surface area (Å²) in [6, 6.07) is 3.45. The van der Waals surface area contributed by atoms with Gasteiger partial charge in [-0.05, 0) is 44.2 Å². The number of carboxylic acid groups (broad SMARTS) is 1. The highest BCUT2D eigenvalue weighted by atomic mass is 32.2. The number of hydrogen-bond acceptors (Lipinski definition) is 5. The summed E-state index contributed by atoms with van der Waals surface area (Å²) < 4.78 is 25.6. The Morgan fingerprint density at radius 3 is 2.61 bits per heavy atom. The van der Waals surface area contributed by atoms with Gasteiger partial charge < -0.3 is 5.11 Å². The van der Waals surface area contributed by atoms with E-state index in [0.717, 1.165) is 5.69 Å².